The summed E-state index contributed by atoms with van der Waals surface area (Å²) in [6.07, 6.45) is 4.82. The summed E-state index contributed by atoms with van der Waals surface area (Å²) in [6, 6.07) is 14.9. The van der Waals surface area contributed by atoms with Gasteiger partial charge in [-0.25, -0.2) is 0 Å². The molecule has 4 aliphatic carbocycles. The van der Waals surface area contributed by atoms with Crippen LogP contribution in [0.3, 0.4) is 0 Å². The Morgan fingerprint density at radius 2 is 0.917 bits per heavy atom. The topological polar surface area (TPSA) is 0 Å². The van der Waals surface area contributed by atoms with Crippen LogP contribution in [0.15, 0.2) is 36.4 Å². The Bertz CT molecular complexity index is 680. The van der Waals surface area contributed by atoms with Crippen molar-refractivity contribution >= 4 is 43.9 Å². The average molecular weight is 534 g/mol. The molecule has 2 aromatic carbocycles. The van der Waals surface area contributed by atoms with Crippen molar-refractivity contribution in [1.29, 1.82) is 0 Å². The first-order valence-corrected chi connectivity index (χ1v) is 29.4. The molecule has 4 bridgehead atoms. The van der Waals surface area contributed by atoms with Gasteiger partial charge in [0.2, 0.25) is 0 Å². The monoisotopic (exact) mass is 536 g/mol. The van der Waals surface area contributed by atoms with Crippen molar-refractivity contribution < 1.29 is 0 Å². The van der Waals surface area contributed by atoms with E-state index in [-0.39, 0.29) is 0 Å². The molecular formula is C22H32Sn2. The molecule has 0 heterocycles. The minimum atomic E-state index is -2.06. The van der Waals surface area contributed by atoms with Crippen LogP contribution in [0.4, 0.5) is 0 Å². The van der Waals surface area contributed by atoms with E-state index in [9.17, 15) is 0 Å². The second kappa shape index (κ2) is 6.98. The van der Waals surface area contributed by atoms with Crippen molar-refractivity contribution in [2.45, 2.75) is 55.3 Å². The molecule has 0 radical (unpaired) electrons. The molecule has 0 aromatic heterocycles. The third-order valence-corrected chi connectivity index (χ3v) is 17.2. The predicted octanol–water partition coefficient (Wildman–Crippen LogP) is 4.66. The van der Waals surface area contributed by atoms with Gasteiger partial charge in [-0.2, -0.15) is 0 Å². The number of hydrogen-bond donors (Lipinski definition) is 0. The molecule has 0 aliphatic heterocycles. The van der Waals surface area contributed by atoms with Crippen molar-refractivity contribution in [2.24, 2.45) is 0 Å². The van der Waals surface area contributed by atoms with Crippen LogP contribution in [-0.2, 0) is 25.7 Å². The summed E-state index contributed by atoms with van der Waals surface area (Å²) in [7, 11) is 0. The van der Waals surface area contributed by atoms with E-state index >= 15 is 0 Å². The zero-order chi connectivity index (χ0) is 17.5. The molecule has 24 heavy (non-hydrogen) atoms. The van der Waals surface area contributed by atoms with E-state index in [4.69, 9.17) is 0 Å². The summed E-state index contributed by atoms with van der Waals surface area (Å²) in [5, 5.41) is 0. The summed E-state index contributed by atoms with van der Waals surface area (Å²) in [4.78, 5) is 15.4. The average Bonchev–Trinajstić information content (AvgIpc) is 2.47. The molecule has 128 valence electrons. The Balaban J connectivity index is 2.07. The van der Waals surface area contributed by atoms with Crippen molar-refractivity contribution in [3.05, 3.63) is 58.7 Å². The first kappa shape index (κ1) is 18.8. The fraction of sp³-hybridized carbons (Fsp3) is 0.455. The summed E-state index contributed by atoms with van der Waals surface area (Å²) in [5.41, 5.74) is 6.38. The van der Waals surface area contributed by atoms with Gasteiger partial charge in [-0.15, -0.1) is 0 Å². The Labute approximate surface area is 156 Å². The van der Waals surface area contributed by atoms with Crippen molar-refractivity contribution in [2.75, 3.05) is 0 Å². The predicted molar refractivity (Wildman–Crippen MR) is 114 cm³/mol. The fourth-order valence-corrected chi connectivity index (χ4v) is 14.2. The normalized spacial score (nSPS) is 15.2. The molecule has 0 nitrogen and oxygen atoms in total. The van der Waals surface area contributed by atoms with Crippen LogP contribution < -0.4 is 7.16 Å². The SMILES string of the molecule is [CH3][Sn]([CH3])([CH3])[c]1cc2ccc1CCc1ccc([c]([Sn]([CH3])([CH3])[CH3])c1)CC2. The van der Waals surface area contributed by atoms with Crippen LogP contribution >= 0.6 is 0 Å². The molecule has 2 heteroatoms. The van der Waals surface area contributed by atoms with E-state index < -0.39 is 36.8 Å². The molecule has 0 N–H and O–H groups in total. The molecule has 0 saturated heterocycles. The zero-order valence-corrected chi connectivity index (χ0v) is 22.0. The van der Waals surface area contributed by atoms with E-state index in [2.05, 4.69) is 66.0 Å². The van der Waals surface area contributed by atoms with Crippen molar-refractivity contribution in [3.63, 3.8) is 0 Å². The summed E-state index contributed by atoms with van der Waals surface area (Å²) < 4.78 is 3.51. The maximum absolute atomic E-state index is 2.58. The van der Waals surface area contributed by atoms with Crippen molar-refractivity contribution in [1.82, 2.24) is 0 Å². The number of aryl methyl sites for hydroxylation is 4. The van der Waals surface area contributed by atoms with Crippen molar-refractivity contribution in [3.8, 4) is 0 Å². The van der Waals surface area contributed by atoms with E-state index in [0.29, 0.717) is 0 Å². The molecule has 0 spiro atoms. The van der Waals surface area contributed by atoms with Gasteiger partial charge >= 0.3 is 158 Å². The zero-order valence-electron chi connectivity index (χ0n) is 16.3. The molecule has 4 aliphatic rings. The van der Waals surface area contributed by atoms with Gasteiger partial charge in [-0.3, -0.25) is 0 Å². The second-order valence-electron chi connectivity index (χ2n) is 9.48. The number of rotatable bonds is 2. The first-order valence-electron chi connectivity index (χ1n) is 9.39. The van der Waals surface area contributed by atoms with Crippen LogP contribution in [0, 0.1) is 0 Å². The van der Waals surface area contributed by atoms with Gasteiger partial charge in [-0.05, 0) is 0 Å². The fourth-order valence-electron chi connectivity index (χ4n) is 3.95. The third-order valence-electron chi connectivity index (χ3n) is 5.33. The van der Waals surface area contributed by atoms with Gasteiger partial charge in [0.25, 0.3) is 0 Å². The number of benzene rings is 2. The van der Waals surface area contributed by atoms with Crippen LogP contribution in [0.25, 0.3) is 0 Å². The van der Waals surface area contributed by atoms with Gasteiger partial charge in [0.1, 0.15) is 0 Å². The second-order valence-corrected chi connectivity index (χ2v) is 38.2. The van der Waals surface area contributed by atoms with Crippen LogP contribution in [0.5, 0.6) is 0 Å². The minimum absolute atomic E-state index is 1.20. The maximum atomic E-state index is 2.58. The van der Waals surface area contributed by atoms with Gasteiger partial charge in [-0.1, -0.05) is 0 Å². The summed E-state index contributed by atoms with van der Waals surface area (Å²) in [6.45, 7) is 0. The summed E-state index contributed by atoms with van der Waals surface area (Å²) >= 11 is -4.12. The van der Waals surface area contributed by atoms with Gasteiger partial charge in [0.05, 0.1) is 0 Å². The van der Waals surface area contributed by atoms with Gasteiger partial charge in [0.15, 0.2) is 0 Å². The molecule has 0 saturated carbocycles. The first-order chi connectivity index (χ1) is 11.1. The van der Waals surface area contributed by atoms with E-state index in [1.165, 1.54) is 25.7 Å². The molecule has 0 fully saturated rings. The van der Waals surface area contributed by atoms with Crippen LogP contribution in [-0.4, -0.2) is 36.8 Å². The van der Waals surface area contributed by atoms with E-state index in [1.54, 1.807) is 29.4 Å². The van der Waals surface area contributed by atoms with E-state index in [1.807, 2.05) is 0 Å². The molecule has 6 rings (SSSR count). The molecule has 0 amide bonds. The molecule has 2 aromatic rings. The molecule has 0 unspecified atom stereocenters. The Morgan fingerprint density at radius 1 is 0.542 bits per heavy atom. The Morgan fingerprint density at radius 3 is 1.25 bits per heavy atom. The molecule has 0 atom stereocenters. The quantitative estimate of drug-likeness (QED) is 0.493. The molecular weight excluding hydrogens is 502 g/mol. The Kier molecular flexibility index (Phi) is 5.47. The van der Waals surface area contributed by atoms with Crippen LogP contribution in [0.1, 0.15) is 22.3 Å². The van der Waals surface area contributed by atoms with E-state index in [0.717, 1.165) is 0 Å². The van der Waals surface area contributed by atoms with Gasteiger partial charge in [0, 0.05) is 0 Å². The van der Waals surface area contributed by atoms with Crippen LogP contribution in [0.2, 0.25) is 29.6 Å². The standard InChI is InChI=1S/C16H14.6CH3.2Sn/c1-2-14-4-3-13(1)9-10-15-5-7-16(8-6-15)12-11-14;;;;;;;;/h1-3,5,7-8H,9-12H2;6*1H3;;. The van der Waals surface area contributed by atoms with Gasteiger partial charge < -0.3 is 0 Å². The summed E-state index contributed by atoms with van der Waals surface area (Å²) in [5.74, 6) is 0. The Hall–Kier alpha value is 0.0374. The number of hydrogen-bond acceptors (Lipinski definition) is 0. The third kappa shape index (κ3) is 4.23.